The van der Waals surface area contributed by atoms with Crippen LogP contribution in [-0.4, -0.2) is 29.7 Å². The van der Waals surface area contributed by atoms with E-state index in [-0.39, 0.29) is 0 Å². The molecule has 4 heteroatoms. The molecule has 4 nitrogen and oxygen atoms in total. The molecule has 1 saturated carbocycles. The molecule has 0 atom stereocenters. The number of benzene rings is 1. The van der Waals surface area contributed by atoms with E-state index in [4.69, 9.17) is 0 Å². The first-order chi connectivity index (χ1) is 9.13. The molecule has 0 saturated heterocycles. The minimum absolute atomic E-state index is 0.613. The second-order valence-corrected chi connectivity index (χ2v) is 5.41. The van der Waals surface area contributed by atoms with Crippen LogP contribution in [0.15, 0.2) is 30.5 Å². The van der Waals surface area contributed by atoms with Gasteiger partial charge in [-0.15, -0.1) is 0 Å². The molecule has 1 N–H and O–H groups in total. The van der Waals surface area contributed by atoms with Crippen LogP contribution in [0.25, 0.3) is 5.69 Å². The maximum atomic E-state index is 4.57. The first-order valence-corrected chi connectivity index (χ1v) is 6.74. The summed E-state index contributed by atoms with van der Waals surface area (Å²) in [5, 5.41) is 3.48. The van der Waals surface area contributed by atoms with Crippen LogP contribution in [-0.2, 0) is 0 Å². The van der Waals surface area contributed by atoms with E-state index in [1.807, 2.05) is 6.92 Å². The maximum Gasteiger partial charge on any atom is 0.207 e. The van der Waals surface area contributed by atoms with Gasteiger partial charge in [0, 0.05) is 37.7 Å². The van der Waals surface area contributed by atoms with Crippen molar-refractivity contribution in [1.29, 1.82) is 0 Å². The predicted molar refractivity (Wildman–Crippen MR) is 79.3 cm³/mol. The van der Waals surface area contributed by atoms with Gasteiger partial charge in [0.1, 0.15) is 0 Å². The Morgan fingerprint density at radius 2 is 1.89 bits per heavy atom. The number of hydrogen-bond donors (Lipinski definition) is 1. The van der Waals surface area contributed by atoms with Crippen LogP contribution in [0.5, 0.6) is 0 Å². The molecule has 0 radical (unpaired) electrons. The van der Waals surface area contributed by atoms with Crippen molar-refractivity contribution in [3.8, 4) is 5.69 Å². The van der Waals surface area contributed by atoms with Crippen molar-refractivity contribution in [2.75, 3.05) is 24.3 Å². The number of aryl methyl sites for hydroxylation is 1. The SMILES string of the molecule is Cc1cn(-c2ccc(N(C)C)cc2)c(NC2CC2)n1. The molecule has 1 aromatic carbocycles. The first-order valence-electron chi connectivity index (χ1n) is 6.74. The van der Waals surface area contributed by atoms with Crippen LogP contribution < -0.4 is 10.2 Å². The molecule has 3 rings (SSSR count). The third kappa shape index (κ3) is 2.57. The van der Waals surface area contributed by atoms with Gasteiger partial charge < -0.3 is 10.2 Å². The van der Waals surface area contributed by atoms with E-state index in [2.05, 4.69) is 64.3 Å². The molecule has 0 bridgehead atoms. The highest BCUT2D eigenvalue weighted by Crippen LogP contribution is 2.26. The molecule has 1 aromatic heterocycles. The Morgan fingerprint density at radius 1 is 1.21 bits per heavy atom. The van der Waals surface area contributed by atoms with Crippen molar-refractivity contribution in [3.63, 3.8) is 0 Å². The van der Waals surface area contributed by atoms with Gasteiger partial charge in [0.2, 0.25) is 5.95 Å². The number of aromatic nitrogens is 2. The minimum atomic E-state index is 0.613. The van der Waals surface area contributed by atoms with Crippen molar-refractivity contribution in [1.82, 2.24) is 9.55 Å². The van der Waals surface area contributed by atoms with Crippen LogP contribution in [0.4, 0.5) is 11.6 Å². The summed E-state index contributed by atoms with van der Waals surface area (Å²) in [5.41, 5.74) is 3.39. The number of imidazole rings is 1. The Labute approximate surface area is 114 Å². The van der Waals surface area contributed by atoms with Gasteiger partial charge in [-0.3, -0.25) is 4.57 Å². The average Bonchev–Trinajstić information content (AvgIpc) is 3.12. The fourth-order valence-corrected chi connectivity index (χ4v) is 2.12. The van der Waals surface area contributed by atoms with Crippen molar-refractivity contribution in [3.05, 3.63) is 36.2 Å². The minimum Gasteiger partial charge on any atom is -0.378 e. The molecule has 2 aromatic rings. The average molecular weight is 256 g/mol. The topological polar surface area (TPSA) is 33.1 Å². The highest BCUT2D eigenvalue weighted by molar-refractivity contribution is 5.52. The highest BCUT2D eigenvalue weighted by Gasteiger charge is 2.23. The predicted octanol–water partition coefficient (Wildman–Crippen LogP) is 2.82. The number of rotatable bonds is 4. The third-order valence-electron chi connectivity index (χ3n) is 3.38. The van der Waals surface area contributed by atoms with Gasteiger partial charge in [0.05, 0.1) is 5.69 Å². The molecule has 1 aliphatic rings. The smallest absolute Gasteiger partial charge is 0.207 e. The summed E-state index contributed by atoms with van der Waals surface area (Å²) in [6, 6.07) is 9.14. The summed E-state index contributed by atoms with van der Waals surface area (Å²) in [5.74, 6) is 0.956. The van der Waals surface area contributed by atoms with Crippen LogP contribution in [0.1, 0.15) is 18.5 Å². The van der Waals surface area contributed by atoms with E-state index in [9.17, 15) is 0 Å². The number of nitrogens with zero attached hydrogens (tertiary/aromatic N) is 3. The van der Waals surface area contributed by atoms with Gasteiger partial charge in [0.25, 0.3) is 0 Å². The summed E-state index contributed by atoms with van der Waals surface area (Å²) in [6.07, 6.45) is 4.59. The lowest BCUT2D eigenvalue weighted by Gasteiger charge is -2.14. The lowest BCUT2D eigenvalue weighted by atomic mass is 10.2. The fraction of sp³-hybridized carbons (Fsp3) is 0.400. The molecule has 100 valence electrons. The summed E-state index contributed by atoms with van der Waals surface area (Å²) in [6.45, 7) is 2.03. The molecule has 1 heterocycles. The lowest BCUT2D eigenvalue weighted by Crippen LogP contribution is -2.09. The molecule has 0 amide bonds. The monoisotopic (exact) mass is 256 g/mol. The molecular formula is C15H20N4. The van der Waals surface area contributed by atoms with Crippen molar-refractivity contribution >= 4 is 11.6 Å². The van der Waals surface area contributed by atoms with Gasteiger partial charge in [-0.05, 0) is 44.0 Å². The Morgan fingerprint density at radius 3 is 2.47 bits per heavy atom. The summed E-state index contributed by atoms with van der Waals surface area (Å²) in [7, 11) is 4.10. The summed E-state index contributed by atoms with van der Waals surface area (Å²) in [4.78, 5) is 6.67. The van der Waals surface area contributed by atoms with Crippen molar-refractivity contribution < 1.29 is 0 Å². The third-order valence-corrected chi connectivity index (χ3v) is 3.38. The van der Waals surface area contributed by atoms with E-state index in [0.717, 1.165) is 17.3 Å². The standard InChI is InChI=1S/C15H20N4/c1-11-10-19(15(16-11)17-12-4-5-12)14-8-6-13(7-9-14)18(2)3/h6-10,12H,4-5H2,1-3H3,(H,16,17). The Bertz CT molecular complexity index is 564. The number of hydrogen-bond acceptors (Lipinski definition) is 3. The largest absolute Gasteiger partial charge is 0.378 e. The molecule has 1 fully saturated rings. The zero-order chi connectivity index (χ0) is 13.4. The molecule has 19 heavy (non-hydrogen) atoms. The van der Waals surface area contributed by atoms with Gasteiger partial charge in [-0.25, -0.2) is 4.98 Å². The van der Waals surface area contributed by atoms with E-state index in [1.165, 1.54) is 18.5 Å². The van der Waals surface area contributed by atoms with Crippen molar-refractivity contribution in [2.45, 2.75) is 25.8 Å². The molecule has 1 aliphatic carbocycles. The number of nitrogens with one attached hydrogen (secondary N) is 1. The summed E-state index contributed by atoms with van der Waals surface area (Å²) >= 11 is 0. The molecule has 0 spiro atoms. The molecule has 0 unspecified atom stereocenters. The summed E-state index contributed by atoms with van der Waals surface area (Å²) < 4.78 is 2.13. The fourth-order valence-electron chi connectivity index (χ4n) is 2.12. The lowest BCUT2D eigenvalue weighted by molar-refractivity contribution is 1.00. The van der Waals surface area contributed by atoms with Gasteiger partial charge >= 0.3 is 0 Å². The first kappa shape index (κ1) is 12.1. The normalized spacial score (nSPS) is 14.5. The van der Waals surface area contributed by atoms with Crippen LogP contribution in [0.3, 0.4) is 0 Å². The van der Waals surface area contributed by atoms with Crippen LogP contribution in [0.2, 0.25) is 0 Å². The van der Waals surface area contributed by atoms with Gasteiger partial charge in [0.15, 0.2) is 0 Å². The van der Waals surface area contributed by atoms with Crippen molar-refractivity contribution in [2.24, 2.45) is 0 Å². The van der Waals surface area contributed by atoms with E-state index >= 15 is 0 Å². The molecular weight excluding hydrogens is 236 g/mol. The number of anilines is 2. The van der Waals surface area contributed by atoms with Crippen LogP contribution in [0, 0.1) is 6.92 Å². The van der Waals surface area contributed by atoms with E-state index < -0.39 is 0 Å². The quantitative estimate of drug-likeness (QED) is 0.913. The van der Waals surface area contributed by atoms with Gasteiger partial charge in [-0.2, -0.15) is 0 Å². The Hall–Kier alpha value is -1.97. The maximum absolute atomic E-state index is 4.57. The van der Waals surface area contributed by atoms with Crippen LogP contribution >= 0.6 is 0 Å². The Kier molecular flexibility index (Phi) is 2.93. The van der Waals surface area contributed by atoms with E-state index in [0.29, 0.717) is 6.04 Å². The highest BCUT2D eigenvalue weighted by atomic mass is 15.2. The van der Waals surface area contributed by atoms with E-state index in [1.54, 1.807) is 0 Å². The zero-order valence-corrected chi connectivity index (χ0v) is 11.7. The Balaban J connectivity index is 1.91. The molecule has 0 aliphatic heterocycles. The second kappa shape index (κ2) is 4.61. The second-order valence-electron chi connectivity index (χ2n) is 5.41. The zero-order valence-electron chi connectivity index (χ0n) is 11.7. The van der Waals surface area contributed by atoms with Gasteiger partial charge in [-0.1, -0.05) is 0 Å².